The van der Waals surface area contributed by atoms with Gasteiger partial charge in [0.2, 0.25) is 0 Å². The normalized spacial score (nSPS) is 13.7. The lowest BCUT2D eigenvalue weighted by Gasteiger charge is -2.39. The second kappa shape index (κ2) is 8.29. The molecule has 0 saturated carbocycles. The molecule has 0 aromatic heterocycles. The van der Waals surface area contributed by atoms with E-state index >= 15 is 0 Å². The zero-order valence-electron chi connectivity index (χ0n) is 15.6. The summed E-state index contributed by atoms with van der Waals surface area (Å²) in [5, 5.41) is 0. The van der Waals surface area contributed by atoms with E-state index in [0.717, 1.165) is 0 Å². The van der Waals surface area contributed by atoms with Crippen LogP contribution in [0.15, 0.2) is 24.3 Å². The minimum absolute atomic E-state index is 0.114. The van der Waals surface area contributed by atoms with Crippen LogP contribution < -0.4 is 0 Å². The van der Waals surface area contributed by atoms with Crippen LogP contribution in [0, 0.1) is 5.82 Å². The number of rotatable bonds is 6. The molecule has 25 heavy (non-hydrogen) atoms. The lowest BCUT2D eigenvalue weighted by atomic mass is 9.91. The van der Waals surface area contributed by atoms with E-state index in [1.54, 1.807) is 39.8 Å². The van der Waals surface area contributed by atoms with Gasteiger partial charge in [-0.1, -0.05) is 12.1 Å². The van der Waals surface area contributed by atoms with E-state index in [1.165, 1.54) is 31.3 Å². The van der Waals surface area contributed by atoms with Crippen molar-refractivity contribution in [1.29, 1.82) is 0 Å². The molecule has 0 radical (unpaired) electrons. The van der Waals surface area contributed by atoms with Gasteiger partial charge in [-0.3, -0.25) is 4.90 Å². The summed E-state index contributed by atoms with van der Waals surface area (Å²) >= 11 is 0. The quantitative estimate of drug-likeness (QED) is 0.579. The number of esters is 1. The molecular formula is C18H26FNO5. The number of halogens is 1. The maximum absolute atomic E-state index is 13.1. The number of hydrogen-bond acceptors (Lipinski definition) is 5. The molecule has 1 atom stereocenters. The number of amides is 1. The van der Waals surface area contributed by atoms with Crippen molar-refractivity contribution < 1.29 is 28.2 Å². The highest BCUT2D eigenvalue weighted by atomic mass is 19.1. The maximum atomic E-state index is 13.1. The molecule has 140 valence electrons. The lowest BCUT2D eigenvalue weighted by molar-refractivity contribution is -0.157. The molecule has 1 aromatic carbocycles. The molecule has 0 aliphatic heterocycles. The SMILES string of the molecule is COCN(C(=O)OC(C)(C)C)[C@@](C)(Cc1ccc(F)cc1)C(=O)OC. The monoisotopic (exact) mass is 355 g/mol. The summed E-state index contributed by atoms with van der Waals surface area (Å²) in [5.74, 6) is -1.01. The van der Waals surface area contributed by atoms with E-state index in [0.29, 0.717) is 5.56 Å². The first kappa shape index (κ1) is 20.9. The molecule has 0 heterocycles. The van der Waals surface area contributed by atoms with E-state index in [-0.39, 0.29) is 19.0 Å². The highest BCUT2D eigenvalue weighted by molar-refractivity contribution is 5.85. The fraction of sp³-hybridized carbons (Fsp3) is 0.556. The van der Waals surface area contributed by atoms with Gasteiger partial charge in [-0.15, -0.1) is 0 Å². The molecular weight excluding hydrogens is 329 g/mol. The molecule has 0 spiro atoms. The Morgan fingerprint density at radius 3 is 2.08 bits per heavy atom. The summed E-state index contributed by atoms with van der Waals surface area (Å²) in [6.07, 6.45) is -0.591. The summed E-state index contributed by atoms with van der Waals surface area (Å²) in [6.45, 7) is 6.58. The van der Waals surface area contributed by atoms with Gasteiger partial charge in [-0.2, -0.15) is 0 Å². The number of ether oxygens (including phenoxy) is 3. The van der Waals surface area contributed by atoms with E-state index < -0.39 is 23.2 Å². The first-order chi connectivity index (χ1) is 11.5. The van der Waals surface area contributed by atoms with Gasteiger partial charge in [0.15, 0.2) is 0 Å². The van der Waals surface area contributed by atoms with Gasteiger partial charge >= 0.3 is 12.1 Å². The van der Waals surface area contributed by atoms with Gasteiger partial charge in [0, 0.05) is 13.5 Å². The average Bonchev–Trinajstić information content (AvgIpc) is 2.52. The van der Waals surface area contributed by atoms with Gasteiger partial charge in [0.05, 0.1) is 7.11 Å². The number of carbonyl (C=O) groups excluding carboxylic acids is 2. The van der Waals surface area contributed by atoms with E-state index in [1.807, 2.05) is 0 Å². The van der Waals surface area contributed by atoms with Crippen molar-refractivity contribution >= 4 is 12.1 Å². The molecule has 0 saturated heterocycles. The Bertz CT molecular complexity index is 596. The summed E-state index contributed by atoms with van der Waals surface area (Å²) in [6, 6.07) is 5.69. The number of nitrogens with zero attached hydrogens (tertiary/aromatic N) is 1. The summed E-state index contributed by atoms with van der Waals surface area (Å²) in [7, 11) is 2.65. The summed E-state index contributed by atoms with van der Waals surface area (Å²) < 4.78 is 28.5. The molecule has 0 aliphatic carbocycles. The summed E-state index contributed by atoms with van der Waals surface area (Å²) in [5.41, 5.74) is -1.46. The van der Waals surface area contributed by atoms with E-state index in [2.05, 4.69) is 0 Å². The molecule has 7 heteroatoms. The number of hydrogen-bond donors (Lipinski definition) is 0. The second-order valence-corrected chi connectivity index (χ2v) is 6.89. The van der Waals surface area contributed by atoms with Crippen LogP contribution >= 0.6 is 0 Å². The molecule has 0 fully saturated rings. The Hall–Kier alpha value is -2.15. The first-order valence-corrected chi connectivity index (χ1v) is 7.86. The van der Waals surface area contributed by atoms with Crippen molar-refractivity contribution in [3.63, 3.8) is 0 Å². The second-order valence-electron chi connectivity index (χ2n) is 6.89. The van der Waals surface area contributed by atoms with Gasteiger partial charge in [0.1, 0.15) is 23.7 Å². The Balaban J connectivity index is 3.23. The topological polar surface area (TPSA) is 65.1 Å². The molecule has 6 nitrogen and oxygen atoms in total. The van der Waals surface area contributed by atoms with E-state index in [4.69, 9.17) is 14.2 Å². The number of methoxy groups -OCH3 is 2. The zero-order chi connectivity index (χ0) is 19.3. The van der Waals surface area contributed by atoms with Crippen LogP contribution in [-0.4, -0.2) is 49.1 Å². The molecule has 1 amide bonds. The van der Waals surface area contributed by atoms with Gasteiger partial charge in [-0.25, -0.2) is 14.0 Å². The Labute approximate surface area is 147 Å². The van der Waals surface area contributed by atoms with Gasteiger partial charge < -0.3 is 14.2 Å². The van der Waals surface area contributed by atoms with Crippen LogP contribution in [0.25, 0.3) is 0 Å². The van der Waals surface area contributed by atoms with Gasteiger partial charge in [-0.05, 0) is 45.4 Å². The molecule has 0 bridgehead atoms. The van der Waals surface area contributed by atoms with Crippen molar-refractivity contribution in [2.24, 2.45) is 0 Å². The van der Waals surface area contributed by atoms with Crippen LogP contribution in [0.5, 0.6) is 0 Å². The zero-order valence-corrected chi connectivity index (χ0v) is 15.6. The lowest BCUT2D eigenvalue weighted by Crippen LogP contribution is -2.58. The number of carbonyl (C=O) groups is 2. The third kappa shape index (κ3) is 5.70. The highest BCUT2D eigenvalue weighted by Crippen LogP contribution is 2.25. The third-order valence-corrected chi connectivity index (χ3v) is 3.55. The molecule has 0 aliphatic rings. The van der Waals surface area contributed by atoms with Gasteiger partial charge in [0.25, 0.3) is 0 Å². The van der Waals surface area contributed by atoms with Crippen molar-refractivity contribution in [3.8, 4) is 0 Å². The predicted molar refractivity (Wildman–Crippen MR) is 90.5 cm³/mol. The Morgan fingerprint density at radius 1 is 1.08 bits per heavy atom. The Kier molecular flexibility index (Phi) is 6.93. The van der Waals surface area contributed by atoms with Crippen LogP contribution in [0.4, 0.5) is 9.18 Å². The minimum Gasteiger partial charge on any atom is -0.467 e. The maximum Gasteiger partial charge on any atom is 0.413 e. The van der Waals surface area contributed by atoms with Crippen LogP contribution in [0.1, 0.15) is 33.3 Å². The molecule has 0 unspecified atom stereocenters. The smallest absolute Gasteiger partial charge is 0.413 e. The van der Waals surface area contributed by atoms with E-state index in [9.17, 15) is 14.0 Å². The van der Waals surface area contributed by atoms with Crippen molar-refractivity contribution in [1.82, 2.24) is 4.90 Å². The largest absolute Gasteiger partial charge is 0.467 e. The fourth-order valence-corrected chi connectivity index (χ4v) is 2.34. The third-order valence-electron chi connectivity index (χ3n) is 3.55. The number of benzene rings is 1. The van der Waals surface area contributed by atoms with Crippen molar-refractivity contribution in [3.05, 3.63) is 35.6 Å². The van der Waals surface area contributed by atoms with Crippen LogP contribution in [0.3, 0.4) is 0 Å². The standard InChI is InChI=1S/C18H26FNO5/c1-17(2,3)25-16(22)20(12-23-5)18(4,15(21)24-6)11-13-7-9-14(19)10-8-13/h7-10H,11-12H2,1-6H3/t18-/m0/s1. The van der Waals surface area contributed by atoms with Crippen LogP contribution in [-0.2, 0) is 25.4 Å². The average molecular weight is 355 g/mol. The Morgan fingerprint density at radius 2 is 1.64 bits per heavy atom. The minimum atomic E-state index is -1.38. The molecule has 1 aromatic rings. The predicted octanol–water partition coefficient (Wildman–Crippen LogP) is 3.14. The van der Waals surface area contributed by atoms with Crippen molar-refractivity contribution in [2.45, 2.75) is 45.3 Å². The van der Waals surface area contributed by atoms with Crippen LogP contribution in [0.2, 0.25) is 0 Å². The van der Waals surface area contributed by atoms with Crippen molar-refractivity contribution in [2.75, 3.05) is 21.0 Å². The molecule has 0 N–H and O–H groups in total. The summed E-state index contributed by atoms with van der Waals surface area (Å²) in [4.78, 5) is 26.3. The first-order valence-electron chi connectivity index (χ1n) is 7.86. The fourth-order valence-electron chi connectivity index (χ4n) is 2.34. The molecule has 1 rings (SSSR count). The highest BCUT2D eigenvalue weighted by Gasteiger charge is 2.45.